The number of fused-ring (bicyclic) bond motifs is 1. The van der Waals surface area contributed by atoms with Crippen LogP contribution in [-0.2, 0) is 9.59 Å². The Bertz CT molecular complexity index is 807. The van der Waals surface area contributed by atoms with E-state index in [9.17, 15) is 9.59 Å². The summed E-state index contributed by atoms with van der Waals surface area (Å²) in [5.41, 5.74) is 2.08. The van der Waals surface area contributed by atoms with Gasteiger partial charge in [-0.2, -0.15) is 0 Å². The van der Waals surface area contributed by atoms with Gasteiger partial charge in [0.2, 0.25) is 11.8 Å². The van der Waals surface area contributed by atoms with Gasteiger partial charge in [0.05, 0.1) is 32.0 Å². The number of carbonyl (C=O) groups excluding carboxylic acids is 2. The molecule has 0 spiro atoms. The molecule has 1 aliphatic heterocycles. The van der Waals surface area contributed by atoms with Gasteiger partial charge in [-0.05, 0) is 24.3 Å². The molecule has 3 N–H and O–H groups in total. The van der Waals surface area contributed by atoms with Crippen LogP contribution in [0.15, 0.2) is 42.5 Å². The van der Waals surface area contributed by atoms with Crippen LogP contribution in [-0.4, -0.2) is 32.1 Å². The topological polar surface area (TPSA) is 88.7 Å². The minimum Gasteiger partial charge on any atom is -0.493 e. The molecule has 0 radical (unpaired) electrons. The molecule has 25 heavy (non-hydrogen) atoms. The van der Waals surface area contributed by atoms with Gasteiger partial charge in [0.1, 0.15) is 6.04 Å². The van der Waals surface area contributed by atoms with Gasteiger partial charge in [-0.15, -0.1) is 0 Å². The average molecular weight is 341 g/mol. The summed E-state index contributed by atoms with van der Waals surface area (Å²) >= 11 is 0. The minimum atomic E-state index is -0.630. The van der Waals surface area contributed by atoms with Crippen LogP contribution >= 0.6 is 0 Å². The average Bonchev–Trinajstić information content (AvgIpc) is 2.62. The van der Waals surface area contributed by atoms with E-state index in [0.717, 1.165) is 5.69 Å². The molecule has 0 saturated heterocycles. The third-order valence-electron chi connectivity index (χ3n) is 3.89. The van der Waals surface area contributed by atoms with E-state index in [-0.39, 0.29) is 18.2 Å². The molecule has 1 aliphatic rings. The third kappa shape index (κ3) is 3.65. The number of hydrogen-bond donors (Lipinski definition) is 3. The lowest BCUT2D eigenvalue weighted by Gasteiger charge is -2.26. The molecule has 2 aromatic rings. The van der Waals surface area contributed by atoms with Gasteiger partial charge in [0, 0.05) is 11.8 Å². The van der Waals surface area contributed by atoms with Crippen molar-refractivity contribution < 1.29 is 19.1 Å². The van der Waals surface area contributed by atoms with Crippen molar-refractivity contribution >= 4 is 28.9 Å². The van der Waals surface area contributed by atoms with Gasteiger partial charge < -0.3 is 25.4 Å². The van der Waals surface area contributed by atoms with Crippen LogP contribution in [0, 0.1) is 0 Å². The molecule has 2 amide bonds. The number of methoxy groups -OCH3 is 2. The van der Waals surface area contributed by atoms with Gasteiger partial charge in [-0.3, -0.25) is 9.59 Å². The molecule has 7 heteroatoms. The molecule has 2 aromatic carbocycles. The van der Waals surface area contributed by atoms with Crippen molar-refractivity contribution in [3.05, 3.63) is 42.5 Å². The second-order valence-electron chi connectivity index (χ2n) is 5.55. The van der Waals surface area contributed by atoms with Crippen molar-refractivity contribution in [1.29, 1.82) is 0 Å². The van der Waals surface area contributed by atoms with E-state index in [1.54, 1.807) is 31.4 Å². The molecule has 1 atom stereocenters. The molecule has 1 unspecified atom stereocenters. The third-order valence-corrected chi connectivity index (χ3v) is 3.89. The number of carbonyl (C=O) groups is 2. The van der Waals surface area contributed by atoms with Gasteiger partial charge >= 0.3 is 0 Å². The standard InChI is InChI=1S/C18H19N3O4/c1-24-15-8-7-11(9-16(15)25-2)19-17(22)10-14-18(23)21-13-6-4-3-5-12(13)20-14/h3-9,14,20H,10H2,1-2H3,(H,19,22)(H,21,23). The van der Waals surface area contributed by atoms with Crippen LogP contribution in [0.1, 0.15) is 6.42 Å². The normalized spacial score (nSPS) is 15.4. The van der Waals surface area contributed by atoms with Crippen LogP contribution in [0.5, 0.6) is 11.5 Å². The van der Waals surface area contributed by atoms with Crippen LogP contribution < -0.4 is 25.4 Å². The number of amides is 2. The molecule has 3 rings (SSSR count). The summed E-state index contributed by atoms with van der Waals surface area (Å²) in [5, 5.41) is 8.65. The van der Waals surface area contributed by atoms with Gasteiger partial charge in [0.25, 0.3) is 0 Å². The molecule has 0 aliphatic carbocycles. The largest absolute Gasteiger partial charge is 0.493 e. The maximum absolute atomic E-state index is 12.3. The number of benzene rings is 2. The molecular formula is C18H19N3O4. The van der Waals surface area contributed by atoms with Crippen molar-refractivity contribution in [1.82, 2.24) is 0 Å². The number of ether oxygens (including phenoxy) is 2. The Kier molecular flexibility index (Phi) is 4.74. The van der Waals surface area contributed by atoms with Crippen molar-refractivity contribution in [2.45, 2.75) is 12.5 Å². The zero-order valence-electron chi connectivity index (χ0n) is 14.0. The highest BCUT2D eigenvalue weighted by molar-refractivity contribution is 6.06. The summed E-state index contributed by atoms with van der Waals surface area (Å²) in [6.45, 7) is 0. The zero-order valence-corrected chi connectivity index (χ0v) is 14.0. The Morgan fingerprint density at radius 1 is 1.08 bits per heavy atom. The van der Waals surface area contributed by atoms with E-state index >= 15 is 0 Å². The number of hydrogen-bond acceptors (Lipinski definition) is 5. The van der Waals surface area contributed by atoms with Gasteiger partial charge in [-0.25, -0.2) is 0 Å². The fourth-order valence-electron chi connectivity index (χ4n) is 2.65. The highest BCUT2D eigenvalue weighted by Crippen LogP contribution is 2.30. The molecule has 0 fully saturated rings. The Labute approximate surface area is 145 Å². The van der Waals surface area contributed by atoms with E-state index in [4.69, 9.17) is 9.47 Å². The molecule has 7 nitrogen and oxygen atoms in total. The zero-order chi connectivity index (χ0) is 17.8. The summed E-state index contributed by atoms with van der Waals surface area (Å²) in [5.74, 6) is 0.577. The molecule has 1 heterocycles. The van der Waals surface area contributed by atoms with E-state index in [1.807, 2.05) is 18.2 Å². The summed E-state index contributed by atoms with van der Waals surface area (Å²) < 4.78 is 10.4. The fourth-order valence-corrected chi connectivity index (χ4v) is 2.65. The molecular weight excluding hydrogens is 322 g/mol. The first-order valence-electron chi connectivity index (χ1n) is 7.79. The summed E-state index contributed by atoms with van der Waals surface area (Å²) in [7, 11) is 3.07. The van der Waals surface area contributed by atoms with Crippen LogP contribution in [0.2, 0.25) is 0 Å². The van der Waals surface area contributed by atoms with Crippen LogP contribution in [0.3, 0.4) is 0 Å². The van der Waals surface area contributed by atoms with Gasteiger partial charge in [-0.1, -0.05) is 12.1 Å². The van der Waals surface area contributed by atoms with Crippen LogP contribution in [0.25, 0.3) is 0 Å². The molecule has 130 valence electrons. The number of nitrogens with one attached hydrogen (secondary N) is 3. The highest BCUT2D eigenvalue weighted by Gasteiger charge is 2.27. The second kappa shape index (κ2) is 7.12. The van der Waals surface area contributed by atoms with Crippen molar-refractivity contribution in [3.8, 4) is 11.5 Å². The van der Waals surface area contributed by atoms with E-state index in [1.165, 1.54) is 7.11 Å². The fraction of sp³-hybridized carbons (Fsp3) is 0.222. The first-order chi connectivity index (χ1) is 12.1. The van der Waals surface area contributed by atoms with Crippen molar-refractivity contribution in [2.75, 3.05) is 30.2 Å². The monoisotopic (exact) mass is 341 g/mol. The highest BCUT2D eigenvalue weighted by atomic mass is 16.5. The summed E-state index contributed by atoms with van der Waals surface area (Å²) in [4.78, 5) is 24.4. The summed E-state index contributed by atoms with van der Waals surface area (Å²) in [6, 6.07) is 11.8. The number of anilines is 3. The summed E-state index contributed by atoms with van der Waals surface area (Å²) in [6.07, 6.45) is 0.00844. The van der Waals surface area contributed by atoms with E-state index in [0.29, 0.717) is 22.9 Å². The Morgan fingerprint density at radius 2 is 1.80 bits per heavy atom. The van der Waals surface area contributed by atoms with E-state index in [2.05, 4.69) is 16.0 Å². The molecule has 0 aromatic heterocycles. The SMILES string of the molecule is COc1ccc(NC(=O)CC2Nc3ccccc3NC2=O)cc1OC. The van der Waals surface area contributed by atoms with Crippen molar-refractivity contribution in [3.63, 3.8) is 0 Å². The Hall–Kier alpha value is -3.22. The lowest BCUT2D eigenvalue weighted by atomic mass is 10.1. The van der Waals surface area contributed by atoms with Crippen LogP contribution in [0.4, 0.5) is 17.1 Å². The first kappa shape index (κ1) is 16.6. The predicted molar refractivity (Wildman–Crippen MR) is 95.3 cm³/mol. The number of para-hydroxylation sites is 2. The Balaban J connectivity index is 1.66. The lowest BCUT2D eigenvalue weighted by molar-refractivity contribution is -0.122. The first-order valence-corrected chi connectivity index (χ1v) is 7.79. The quantitative estimate of drug-likeness (QED) is 0.777. The maximum Gasteiger partial charge on any atom is 0.247 e. The maximum atomic E-state index is 12.3. The van der Waals surface area contributed by atoms with Crippen molar-refractivity contribution in [2.24, 2.45) is 0 Å². The smallest absolute Gasteiger partial charge is 0.247 e. The molecule has 0 saturated carbocycles. The predicted octanol–water partition coefficient (Wildman–Crippen LogP) is 2.47. The molecule has 0 bridgehead atoms. The second-order valence-corrected chi connectivity index (χ2v) is 5.55. The van der Waals surface area contributed by atoms with Gasteiger partial charge in [0.15, 0.2) is 11.5 Å². The Morgan fingerprint density at radius 3 is 2.52 bits per heavy atom. The minimum absolute atomic E-state index is 0.00844. The number of rotatable bonds is 5. The lowest BCUT2D eigenvalue weighted by Crippen LogP contribution is -2.41. The van der Waals surface area contributed by atoms with E-state index < -0.39 is 6.04 Å².